The Morgan fingerprint density at radius 2 is 2.21 bits per heavy atom. The zero-order chi connectivity index (χ0) is 20.1. The first-order valence-electron chi connectivity index (χ1n) is 8.56. The Labute approximate surface area is 170 Å². The number of nitriles is 1. The van der Waals surface area contributed by atoms with Crippen molar-refractivity contribution in [1.29, 1.82) is 5.26 Å². The molecule has 0 aliphatic heterocycles. The van der Waals surface area contributed by atoms with E-state index in [-0.39, 0.29) is 23.7 Å². The molecular weight excluding hydrogens is 396 g/mol. The Hall–Kier alpha value is -2.83. The maximum Gasteiger partial charge on any atom is 0.311 e. The first-order valence-corrected chi connectivity index (χ1v) is 10.3. The van der Waals surface area contributed by atoms with Crippen molar-refractivity contribution in [3.8, 4) is 6.07 Å². The third-order valence-corrected chi connectivity index (χ3v) is 5.95. The van der Waals surface area contributed by atoms with E-state index in [4.69, 9.17) is 4.74 Å². The van der Waals surface area contributed by atoms with Crippen LogP contribution in [0.5, 0.6) is 0 Å². The molecule has 1 aromatic carbocycles. The number of nitrogens with zero attached hydrogens (tertiary/aromatic N) is 3. The van der Waals surface area contributed by atoms with Crippen LogP contribution in [0.3, 0.4) is 0 Å². The number of aliphatic hydroxyl groups is 1. The quantitative estimate of drug-likeness (QED) is 0.259. The van der Waals surface area contributed by atoms with Gasteiger partial charge in [0.2, 0.25) is 0 Å². The molecule has 0 saturated heterocycles. The number of thioether (sulfide) groups is 1. The van der Waals surface area contributed by atoms with Gasteiger partial charge in [-0.1, -0.05) is 23.9 Å². The van der Waals surface area contributed by atoms with Gasteiger partial charge in [-0.05, 0) is 26.0 Å². The summed E-state index contributed by atoms with van der Waals surface area (Å²) in [5, 5.41) is 21.5. The predicted molar refractivity (Wildman–Crippen MR) is 109 cm³/mol. The predicted octanol–water partition coefficient (Wildman–Crippen LogP) is 4.10. The SMILES string of the molecule is CCOC(=O)Cc1csc(SC(C)/C(O)=C(\C#N)c2nc3ccccc3[nH]2)n1. The van der Waals surface area contributed by atoms with Crippen LogP contribution in [0.4, 0.5) is 0 Å². The van der Waals surface area contributed by atoms with Gasteiger partial charge in [-0.15, -0.1) is 11.3 Å². The summed E-state index contributed by atoms with van der Waals surface area (Å²) in [7, 11) is 0. The van der Waals surface area contributed by atoms with Crippen LogP contribution in [0.1, 0.15) is 25.4 Å². The zero-order valence-electron chi connectivity index (χ0n) is 15.3. The van der Waals surface area contributed by atoms with Gasteiger partial charge in [0.15, 0.2) is 10.2 Å². The number of carbonyl (C=O) groups excluding carboxylic acids is 1. The molecule has 0 aliphatic carbocycles. The third-order valence-electron chi connectivity index (χ3n) is 3.82. The van der Waals surface area contributed by atoms with E-state index in [0.717, 1.165) is 11.0 Å². The summed E-state index contributed by atoms with van der Waals surface area (Å²) in [5.74, 6) is -0.0683. The van der Waals surface area contributed by atoms with E-state index in [1.807, 2.05) is 30.3 Å². The Kier molecular flexibility index (Phi) is 6.34. The van der Waals surface area contributed by atoms with Gasteiger partial charge < -0.3 is 14.8 Å². The molecule has 3 rings (SSSR count). The summed E-state index contributed by atoms with van der Waals surface area (Å²) in [5.41, 5.74) is 2.24. The zero-order valence-corrected chi connectivity index (χ0v) is 16.9. The number of carbonyl (C=O) groups is 1. The lowest BCUT2D eigenvalue weighted by Gasteiger charge is -2.09. The smallest absolute Gasteiger partial charge is 0.311 e. The number of aromatic amines is 1. The van der Waals surface area contributed by atoms with Crippen molar-refractivity contribution in [2.75, 3.05) is 6.61 Å². The Morgan fingerprint density at radius 1 is 1.43 bits per heavy atom. The lowest BCUT2D eigenvalue weighted by molar-refractivity contribution is -0.142. The van der Waals surface area contributed by atoms with Crippen molar-refractivity contribution >= 4 is 45.7 Å². The minimum absolute atomic E-state index is 0.0753. The number of allylic oxidation sites excluding steroid dienone is 1. The molecule has 3 aromatic rings. The number of esters is 1. The van der Waals surface area contributed by atoms with Crippen LogP contribution in [-0.4, -0.2) is 37.9 Å². The van der Waals surface area contributed by atoms with E-state index in [0.29, 0.717) is 22.5 Å². The van der Waals surface area contributed by atoms with Gasteiger partial charge in [0.1, 0.15) is 17.4 Å². The van der Waals surface area contributed by atoms with Gasteiger partial charge in [0, 0.05) is 5.38 Å². The van der Waals surface area contributed by atoms with Gasteiger partial charge in [-0.2, -0.15) is 5.26 Å². The van der Waals surface area contributed by atoms with Crippen molar-refractivity contribution in [2.45, 2.75) is 29.9 Å². The second kappa shape index (κ2) is 8.91. The van der Waals surface area contributed by atoms with Crippen LogP contribution in [0.25, 0.3) is 16.6 Å². The number of H-pyrrole nitrogens is 1. The van der Waals surface area contributed by atoms with E-state index < -0.39 is 5.25 Å². The fourth-order valence-electron chi connectivity index (χ4n) is 2.50. The molecule has 2 N–H and O–H groups in total. The lowest BCUT2D eigenvalue weighted by atomic mass is 10.2. The van der Waals surface area contributed by atoms with E-state index >= 15 is 0 Å². The number of hydrogen-bond acceptors (Lipinski definition) is 8. The maximum absolute atomic E-state index is 11.6. The first-order chi connectivity index (χ1) is 13.5. The van der Waals surface area contributed by atoms with Crippen molar-refractivity contribution in [2.24, 2.45) is 0 Å². The highest BCUT2D eigenvalue weighted by atomic mass is 32.2. The fraction of sp³-hybridized carbons (Fsp3) is 0.263. The van der Waals surface area contributed by atoms with Crippen LogP contribution >= 0.6 is 23.1 Å². The van der Waals surface area contributed by atoms with E-state index in [2.05, 4.69) is 15.0 Å². The molecule has 0 bridgehead atoms. The monoisotopic (exact) mass is 414 g/mol. The van der Waals surface area contributed by atoms with Gasteiger partial charge in [-0.3, -0.25) is 4.79 Å². The minimum atomic E-state index is -0.413. The molecule has 1 unspecified atom stereocenters. The molecular formula is C19H18N4O3S2. The maximum atomic E-state index is 11.6. The van der Waals surface area contributed by atoms with Crippen molar-refractivity contribution < 1.29 is 14.6 Å². The summed E-state index contributed by atoms with van der Waals surface area (Å²) in [6.45, 7) is 3.87. The second-order valence-corrected chi connectivity index (χ2v) is 8.27. The Bertz CT molecular complexity index is 1030. The third kappa shape index (κ3) is 4.52. The molecule has 0 saturated carbocycles. The highest BCUT2D eigenvalue weighted by molar-refractivity contribution is 8.01. The van der Waals surface area contributed by atoms with Gasteiger partial charge in [0.25, 0.3) is 0 Å². The van der Waals surface area contributed by atoms with Crippen molar-refractivity contribution in [3.63, 3.8) is 0 Å². The topological polar surface area (TPSA) is 112 Å². The summed E-state index contributed by atoms with van der Waals surface area (Å²) in [6.07, 6.45) is 0.115. The van der Waals surface area contributed by atoms with E-state index in [9.17, 15) is 15.2 Å². The molecule has 0 aliphatic rings. The number of para-hydroxylation sites is 2. The van der Waals surface area contributed by atoms with Crippen LogP contribution in [0.15, 0.2) is 39.7 Å². The number of thiazole rings is 1. The number of aromatic nitrogens is 3. The molecule has 0 amide bonds. The lowest BCUT2D eigenvalue weighted by Crippen LogP contribution is -2.07. The van der Waals surface area contributed by atoms with Gasteiger partial charge >= 0.3 is 5.97 Å². The average Bonchev–Trinajstić information content (AvgIpc) is 3.28. The molecule has 0 fully saturated rings. The molecule has 0 spiro atoms. The Balaban J connectivity index is 1.77. The standard InChI is InChI=1S/C19H18N4O3S2/c1-3-26-16(24)8-12-10-27-19(21-12)28-11(2)17(25)13(9-20)18-22-14-6-4-5-7-15(14)23-18/h4-7,10-11,25H,3,8H2,1-2H3,(H,22,23)/b17-13-. The van der Waals surface area contributed by atoms with Crippen LogP contribution in [0, 0.1) is 11.3 Å². The highest BCUT2D eigenvalue weighted by Crippen LogP contribution is 2.32. The number of hydrogen-bond donors (Lipinski definition) is 2. The molecule has 0 radical (unpaired) electrons. The van der Waals surface area contributed by atoms with Crippen LogP contribution in [0.2, 0.25) is 0 Å². The van der Waals surface area contributed by atoms with Crippen LogP contribution < -0.4 is 0 Å². The number of benzene rings is 1. The molecule has 1 atom stereocenters. The summed E-state index contributed by atoms with van der Waals surface area (Å²) in [4.78, 5) is 23.4. The highest BCUT2D eigenvalue weighted by Gasteiger charge is 2.20. The Morgan fingerprint density at radius 3 is 2.93 bits per heavy atom. The van der Waals surface area contributed by atoms with Crippen LogP contribution in [-0.2, 0) is 16.0 Å². The minimum Gasteiger partial charge on any atom is -0.510 e. The molecule has 144 valence electrons. The number of fused-ring (bicyclic) bond motifs is 1. The molecule has 9 heteroatoms. The summed E-state index contributed by atoms with van der Waals surface area (Å²) in [6, 6.07) is 9.46. The largest absolute Gasteiger partial charge is 0.510 e. The number of nitrogens with one attached hydrogen (secondary N) is 1. The fourth-order valence-corrected chi connectivity index (χ4v) is 4.54. The number of rotatable bonds is 7. The first kappa shape index (κ1) is 19.9. The van der Waals surface area contributed by atoms with Crippen molar-refractivity contribution in [3.05, 3.63) is 46.9 Å². The van der Waals surface area contributed by atoms with Gasteiger partial charge in [0.05, 0.1) is 35.0 Å². The number of imidazole rings is 1. The normalized spacial score (nSPS) is 13.0. The summed E-state index contributed by atoms with van der Waals surface area (Å²) < 4.78 is 5.61. The average molecular weight is 415 g/mol. The summed E-state index contributed by atoms with van der Waals surface area (Å²) >= 11 is 2.69. The van der Waals surface area contributed by atoms with E-state index in [1.54, 1.807) is 19.2 Å². The van der Waals surface area contributed by atoms with E-state index in [1.165, 1.54) is 23.1 Å². The molecule has 2 heterocycles. The molecule has 28 heavy (non-hydrogen) atoms. The number of aliphatic hydroxyl groups excluding tert-OH is 1. The molecule has 7 nitrogen and oxygen atoms in total. The second-order valence-electron chi connectivity index (χ2n) is 5.82. The molecule has 2 aromatic heterocycles. The number of ether oxygens (including phenoxy) is 1. The van der Waals surface area contributed by atoms with Gasteiger partial charge in [-0.25, -0.2) is 9.97 Å². The van der Waals surface area contributed by atoms with Crippen molar-refractivity contribution in [1.82, 2.24) is 15.0 Å².